The molecule has 0 heterocycles. The van der Waals surface area contributed by atoms with Crippen LogP contribution in [0.5, 0.6) is 0 Å². The topological polar surface area (TPSA) is 0 Å². The molecule has 0 atom stereocenters. The van der Waals surface area contributed by atoms with E-state index in [1.54, 1.807) is 6.08 Å². The van der Waals surface area contributed by atoms with Crippen molar-refractivity contribution >= 4 is 6.08 Å². The number of benzene rings is 4. The summed E-state index contributed by atoms with van der Waals surface area (Å²) in [7, 11) is 0. The highest BCUT2D eigenvalue weighted by Crippen LogP contribution is 2.37. The first-order chi connectivity index (χ1) is 12.9. The van der Waals surface area contributed by atoms with E-state index in [-0.39, 0.29) is 0 Å². The number of hydrogen-bond donors (Lipinski definition) is 0. The van der Waals surface area contributed by atoms with Gasteiger partial charge in [-0.15, -0.1) is 0 Å². The predicted molar refractivity (Wildman–Crippen MR) is 112 cm³/mol. The van der Waals surface area contributed by atoms with Crippen LogP contribution >= 0.6 is 0 Å². The molecule has 0 N–H and O–H groups in total. The van der Waals surface area contributed by atoms with Gasteiger partial charge in [-0.1, -0.05) is 104 Å². The Hall–Kier alpha value is -3.38. The molecule has 0 heteroatoms. The Morgan fingerprint density at radius 2 is 0.846 bits per heavy atom. The van der Waals surface area contributed by atoms with Crippen molar-refractivity contribution in [2.24, 2.45) is 0 Å². The lowest BCUT2D eigenvalue weighted by Crippen LogP contribution is -1.91. The normalized spacial score (nSPS) is 10.5. The molecule has 0 amide bonds. The van der Waals surface area contributed by atoms with E-state index >= 15 is 0 Å². The second-order valence-electron chi connectivity index (χ2n) is 6.25. The van der Waals surface area contributed by atoms with Crippen LogP contribution in [-0.2, 0) is 0 Å². The SMILES string of the molecule is [CH]=Cc1c(-c2ccccc2)cc(-c2ccccc2)cc1-c1ccccc1. The Morgan fingerprint density at radius 3 is 1.23 bits per heavy atom. The average molecular weight is 331 g/mol. The van der Waals surface area contributed by atoms with Crippen LogP contribution in [0.4, 0.5) is 0 Å². The maximum absolute atomic E-state index is 6.09. The molecule has 0 aliphatic carbocycles. The molecule has 0 saturated heterocycles. The molecule has 1 radical (unpaired) electrons. The summed E-state index contributed by atoms with van der Waals surface area (Å²) in [4.78, 5) is 0. The van der Waals surface area contributed by atoms with E-state index in [9.17, 15) is 0 Å². The minimum absolute atomic E-state index is 1.06. The van der Waals surface area contributed by atoms with Gasteiger partial charge in [0.2, 0.25) is 0 Å². The van der Waals surface area contributed by atoms with Crippen molar-refractivity contribution in [2.45, 2.75) is 0 Å². The van der Waals surface area contributed by atoms with E-state index < -0.39 is 0 Å². The first kappa shape index (κ1) is 16.1. The molecule has 123 valence electrons. The molecule has 4 aromatic rings. The van der Waals surface area contributed by atoms with Crippen LogP contribution in [-0.4, -0.2) is 0 Å². The molecule has 0 nitrogen and oxygen atoms in total. The fourth-order valence-electron chi connectivity index (χ4n) is 3.34. The Morgan fingerprint density at radius 1 is 0.462 bits per heavy atom. The van der Waals surface area contributed by atoms with Crippen LogP contribution in [0.3, 0.4) is 0 Å². The van der Waals surface area contributed by atoms with Gasteiger partial charge in [-0.3, -0.25) is 0 Å². The van der Waals surface area contributed by atoms with Crippen molar-refractivity contribution < 1.29 is 0 Å². The molecular formula is C26H19. The Labute approximate surface area is 155 Å². The number of rotatable bonds is 4. The molecule has 0 aromatic heterocycles. The van der Waals surface area contributed by atoms with E-state index in [4.69, 9.17) is 6.58 Å². The zero-order valence-corrected chi connectivity index (χ0v) is 14.5. The van der Waals surface area contributed by atoms with Gasteiger partial charge in [-0.2, -0.15) is 0 Å². The molecule has 26 heavy (non-hydrogen) atoms. The van der Waals surface area contributed by atoms with Crippen molar-refractivity contribution in [1.29, 1.82) is 0 Å². The lowest BCUT2D eigenvalue weighted by Gasteiger charge is -2.16. The van der Waals surface area contributed by atoms with Gasteiger partial charge in [0.1, 0.15) is 0 Å². The van der Waals surface area contributed by atoms with E-state index in [2.05, 4.69) is 84.9 Å². The monoisotopic (exact) mass is 331 g/mol. The van der Waals surface area contributed by atoms with E-state index in [0.29, 0.717) is 0 Å². The average Bonchev–Trinajstić information content (AvgIpc) is 2.74. The standard InChI is InChI=1S/C26H19/c1-2-24-25(21-14-8-4-9-15-21)18-23(20-12-6-3-7-13-20)19-26(24)22-16-10-5-11-17-22/h1-19H. The van der Waals surface area contributed by atoms with Crippen molar-refractivity contribution in [3.05, 3.63) is 115 Å². The summed E-state index contributed by atoms with van der Waals surface area (Å²) >= 11 is 0. The van der Waals surface area contributed by atoms with Crippen LogP contribution < -0.4 is 0 Å². The van der Waals surface area contributed by atoms with Crippen LogP contribution in [0.2, 0.25) is 0 Å². The molecule has 0 spiro atoms. The molecular weight excluding hydrogens is 312 g/mol. The summed E-state index contributed by atoms with van der Waals surface area (Å²) in [6, 6.07) is 35.8. The lowest BCUT2D eigenvalue weighted by atomic mass is 9.88. The van der Waals surface area contributed by atoms with E-state index in [0.717, 1.165) is 16.7 Å². The third-order valence-electron chi connectivity index (χ3n) is 4.62. The largest absolute Gasteiger partial charge is 0.0622 e. The summed E-state index contributed by atoms with van der Waals surface area (Å²) in [5.74, 6) is 0. The first-order valence-electron chi connectivity index (χ1n) is 8.76. The van der Waals surface area contributed by atoms with Crippen LogP contribution in [0.15, 0.2) is 103 Å². The highest BCUT2D eigenvalue weighted by molar-refractivity contribution is 5.90. The molecule has 0 aliphatic heterocycles. The van der Waals surface area contributed by atoms with Gasteiger partial charge >= 0.3 is 0 Å². The van der Waals surface area contributed by atoms with Crippen molar-refractivity contribution in [1.82, 2.24) is 0 Å². The Bertz CT molecular complexity index is 953. The smallest absolute Gasteiger partial charge is 0.00990 e. The molecule has 4 aromatic carbocycles. The number of hydrogen-bond acceptors (Lipinski definition) is 0. The van der Waals surface area contributed by atoms with Crippen molar-refractivity contribution in [2.75, 3.05) is 0 Å². The molecule has 4 rings (SSSR count). The van der Waals surface area contributed by atoms with Gasteiger partial charge < -0.3 is 0 Å². The summed E-state index contributed by atoms with van der Waals surface area (Å²) in [6.07, 6.45) is 1.72. The highest BCUT2D eigenvalue weighted by Gasteiger charge is 2.13. The summed E-state index contributed by atoms with van der Waals surface area (Å²) < 4.78 is 0. The fourth-order valence-corrected chi connectivity index (χ4v) is 3.34. The van der Waals surface area contributed by atoms with Gasteiger partial charge in [0.25, 0.3) is 0 Å². The van der Waals surface area contributed by atoms with Crippen LogP contribution in [0.1, 0.15) is 5.56 Å². The maximum Gasteiger partial charge on any atom is -0.00990 e. The zero-order valence-electron chi connectivity index (χ0n) is 14.5. The molecule has 0 fully saturated rings. The molecule has 0 unspecified atom stereocenters. The van der Waals surface area contributed by atoms with Gasteiger partial charge in [0.05, 0.1) is 0 Å². The minimum Gasteiger partial charge on any atom is -0.0622 e. The molecule has 0 bridgehead atoms. The third-order valence-corrected chi connectivity index (χ3v) is 4.62. The summed E-state index contributed by atoms with van der Waals surface area (Å²) in [6.45, 7) is 6.09. The Balaban J connectivity index is 2.03. The zero-order chi connectivity index (χ0) is 17.8. The van der Waals surface area contributed by atoms with E-state index in [1.807, 2.05) is 18.2 Å². The quantitative estimate of drug-likeness (QED) is 0.373. The third kappa shape index (κ3) is 3.10. The second-order valence-corrected chi connectivity index (χ2v) is 6.25. The molecule has 0 aliphatic rings. The maximum atomic E-state index is 6.09. The van der Waals surface area contributed by atoms with Crippen LogP contribution in [0, 0.1) is 6.58 Å². The first-order valence-corrected chi connectivity index (χ1v) is 8.76. The van der Waals surface area contributed by atoms with Crippen molar-refractivity contribution in [3.63, 3.8) is 0 Å². The highest BCUT2D eigenvalue weighted by atomic mass is 14.2. The fraction of sp³-hybridized carbons (Fsp3) is 0. The second kappa shape index (κ2) is 7.25. The van der Waals surface area contributed by atoms with Gasteiger partial charge in [-0.25, -0.2) is 0 Å². The minimum atomic E-state index is 1.06. The Kier molecular flexibility index (Phi) is 4.49. The van der Waals surface area contributed by atoms with Gasteiger partial charge in [0.15, 0.2) is 0 Å². The predicted octanol–water partition coefficient (Wildman–Crippen LogP) is 7.13. The van der Waals surface area contributed by atoms with Crippen LogP contribution in [0.25, 0.3) is 39.5 Å². The lowest BCUT2D eigenvalue weighted by molar-refractivity contribution is 1.54. The van der Waals surface area contributed by atoms with Gasteiger partial charge in [0, 0.05) is 0 Å². The van der Waals surface area contributed by atoms with Gasteiger partial charge in [-0.05, 0) is 51.1 Å². The van der Waals surface area contributed by atoms with Crippen molar-refractivity contribution in [3.8, 4) is 33.4 Å². The van der Waals surface area contributed by atoms with E-state index in [1.165, 1.54) is 22.3 Å². The summed E-state index contributed by atoms with van der Waals surface area (Å²) in [5, 5.41) is 0. The summed E-state index contributed by atoms with van der Waals surface area (Å²) in [5.41, 5.74) is 8.07. The molecule has 0 saturated carbocycles.